The monoisotopic (exact) mass is 765 g/mol. The number of nitrogens with zero attached hydrogens (tertiary/aromatic N) is 1. The summed E-state index contributed by atoms with van der Waals surface area (Å²) in [6.07, 6.45) is 0. The molecule has 0 N–H and O–H groups in total. The Morgan fingerprint density at radius 2 is 0.767 bits per heavy atom. The third-order valence-electron chi connectivity index (χ3n) is 11.7. The Hall–Kier alpha value is -7.94. The summed E-state index contributed by atoms with van der Waals surface area (Å²) in [6, 6.07) is 84.7. The van der Waals surface area contributed by atoms with Gasteiger partial charge >= 0.3 is 0 Å². The van der Waals surface area contributed by atoms with E-state index in [4.69, 9.17) is 4.42 Å². The summed E-state index contributed by atoms with van der Waals surface area (Å²) >= 11 is 0. The highest BCUT2D eigenvalue weighted by Gasteiger charge is 2.20. The summed E-state index contributed by atoms with van der Waals surface area (Å²) in [6.45, 7) is 0. The van der Waals surface area contributed by atoms with Crippen molar-refractivity contribution in [2.75, 3.05) is 4.90 Å². The van der Waals surface area contributed by atoms with Gasteiger partial charge in [0.1, 0.15) is 5.58 Å². The van der Waals surface area contributed by atoms with Crippen molar-refractivity contribution in [3.8, 4) is 55.6 Å². The van der Waals surface area contributed by atoms with Gasteiger partial charge in [0, 0.05) is 22.1 Å². The summed E-state index contributed by atoms with van der Waals surface area (Å²) in [7, 11) is 0. The minimum Gasteiger partial charge on any atom is -0.454 e. The van der Waals surface area contributed by atoms with Gasteiger partial charge in [-0.05, 0) is 109 Å². The van der Waals surface area contributed by atoms with Crippen LogP contribution in [0.3, 0.4) is 0 Å². The first-order chi connectivity index (χ1) is 29.8. The molecule has 0 aliphatic rings. The van der Waals surface area contributed by atoms with Crippen LogP contribution in [0.1, 0.15) is 0 Å². The Labute approximate surface area is 349 Å². The fraction of sp³-hybridized carbons (Fsp3) is 0. The van der Waals surface area contributed by atoms with E-state index < -0.39 is 0 Å². The fourth-order valence-electron chi connectivity index (χ4n) is 8.84. The number of fused-ring (bicyclic) bond motifs is 4. The molecular weight excluding hydrogens is 727 g/mol. The van der Waals surface area contributed by atoms with Crippen molar-refractivity contribution in [3.63, 3.8) is 0 Å². The molecule has 0 radical (unpaired) electrons. The summed E-state index contributed by atoms with van der Waals surface area (Å²) in [5.41, 5.74) is 16.8. The van der Waals surface area contributed by atoms with Crippen LogP contribution in [0, 0.1) is 0 Å². The molecule has 0 aliphatic carbocycles. The SMILES string of the molecule is c1ccc(-c2cccc(-c3ccccc3-c3ccc(N(c4ccc(-c5cccc6cccc(-c7ccccc7)c56)cc4)c4cccc5c4oc4ccccc45)cc3)c2)cc1. The minimum atomic E-state index is 0.858. The van der Waals surface area contributed by atoms with E-state index in [1.54, 1.807) is 0 Å². The normalized spacial score (nSPS) is 11.3. The van der Waals surface area contributed by atoms with Gasteiger partial charge in [-0.25, -0.2) is 0 Å². The summed E-state index contributed by atoms with van der Waals surface area (Å²) in [5.74, 6) is 0. The average Bonchev–Trinajstić information content (AvgIpc) is 3.72. The third kappa shape index (κ3) is 6.32. The van der Waals surface area contributed by atoms with Crippen LogP contribution in [-0.4, -0.2) is 0 Å². The van der Waals surface area contributed by atoms with Crippen LogP contribution in [0.2, 0.25) is 0 Å². The van der Waals surface area contributed by atoms with Gasteiger partial charge in [-0.2, -0.15) is 0 Å². The molecule has 2 nitrogen and oxygen atoms in total. The lowest BCUT2D eigenvalue weighted by molar-refractivity contribution is 0.669. The lowest BCUT2D eigenvalue weighted by Gasteiger charge is -2.26. The maximum absolute atomic E-state index is 6.66. The van der Waals surface area contributed by atoms with Gasteiger partial charge in [0.2, 0.25) is 0 Å². The summed E-state index contributed by atoms with van der Waals surface area (Å²) in [5, 5.41) is 4.68. The quantitative estimate of drug-likeness (QED) is 0.153. The summed E-state index contributed by atoms with van der Waals surface area (Å²) in [4.78, 5) is 2.33. The van der Waals surface area contributed by atoms with Crippen LogP contribution in [0.5, 0.6) is 0 Å². The second-order valence-electron chi connectivity index (χ2n) is 15.2. The Bertz CT molecular complexity index is 3290. The number of para-hydroxylation sites is 2. The molecule has 11 aromatic rings. The molecule has 0 saturated heterocycles. The van der Waals surface area contributed by atoms with E-state index in [0.717, 1.165) is 50.1 Å². The molecule has 1 heterocycles. The van der Waals surface area contributed by atoms with E-state index in [-0.39, 0.29) is 0 Å². The van der Waals surface area contributed by atoms with E-state index in [1.807, 2.05) is 12.1 Å². The van der Waals surface area contributed by atoms with Crippen LogP contribution in [-0.2, 0) is 0 Å². The number of furan rings is 1. The van der Waals surface area contributed by atoms with Gasteiger partial charge in [0.25, 0.3) is 0 Å². The Morgan fingerprint density at radius 3 is 1.45 bits per heavy atom. The number of rotatable bonds is 8. The molecule has 282 valence electrons. The highest BCUT2D eigenvalue weighted by Crippen LogP contribution is 2.44. The molecule has 2 heteroatoms. The van der Waals surface area contributed by atoms with Crippen molar-refractivity contribution >= 4 is 49.8 Å². The first-order valence-electron chi connectivity index (χ1n) is 20.5. The fourth-order valence-corrected chi connectivity index (χ4v) is 8.84. The number of benzene rings is 10. The first kappa shape index (κ1) is 35.2. The lowest BCUT2D eigenvalue weighted by atomic mass is 9.91. The van der Waals surface area contributed by atoms with Crippen molar-refractivity contribution in [2.45, 2.75) is 0 Å². The minimum absolute atomic E-state index is 0.858. The van der Waals surface area contributed by atoms with Crippen molar-refractivity contribution < 1.29 is 4.42 Å². The molecule has 1 aromatic heterocycles. The molecule has 0 bridgehead atoms. The molecule has 0 atom stereocenters. The van der Waals surface area contributed by atoms with Gasteiger partial charge in [0.15, 0.2) is 5.58 Å². The topological polar surface area (TPSA) is 16.4 Å². The molecule has 11 rings (SSSR count). The van der Waals surface area contributed by atoms with E-state index >= 15 is 0 Å². The average molecular weight is 766 g/mol. The van der Waals surface area contributed by atoms with Crippen molar-refractivity contribution in [2.24, 2.45) is 0 Å². The van der Waals surface area contributed by atoms with E-state index in [0.29, 0.717) is 0 Å². The number of anilines is 3. The van der Waals surface area contributed by atoms with Crippen LogP contribution < -0.4 is 4.90 Å². The predicted octanol–water partition coefficient (Wildman–Crippen LogP) is 16.5. The molecule has 0 aliphatic heterocycles. The van der Waals surface area contributed by atoms with E-state index in [2.05, 4.69) is 229 Å². The predicted molar refractivity (Wildman–Crippen MR) is 253 cm³/mol. The maximum Gasteiger partial charge on any atom is 0.159 e. The lowest BCUT2D eigenvalue weighted by Crippen LogP contribution is -2.10. The Morgan fingerprint density at radius 1 is 0.300 bits per heavy atom. The van der Waals surface area contributed by atoms with Gasteiger partial charge in [-0.1, -0.05) is 194 Å². The third-order valence-corrected chi connectivity index (χ3v) is 11.7. The van der Waals surface area contributed by atoms with Crippen molar-refractivity contribution in [1.29, 1.82) is 0 Å². The summed E-state index contributed by atoms with van der Waals surface area (Å²) < 4.78 is 6.66. The zero-order valence-corrected chi connectivity index (χ0v) is 32.9. The number of hydrogen-bond donors (Lipinski definition) is 0. The maximum atomic E-state index is 6.66. The second-order valence-corrected chi connectivity index (χ2v) is 15.2. The van der Waals surface area contributed by atoms with Crippen LogP contribution in [0.4, 0.5) is 17.1 Å². The molecule has 0 amide bonds. The first-order valence-corrected chi connectivity index (χ1v) is 20.5. The largest absolute Gasteiger partial charge is 0.454 e. The molecule has 0 saturated carbocycles. The molecule has 10 aromatic carbocycles. The molecule has 0 fully saturated rings. The van der Waals surface area contributed by atoms with Gasteiger partial charge in [-0.3, -0.25) is 0 Å². The smallest absolute Gasteiger partial charge is 0.159 e. The molecule has 0 spiro atoms. The number of hydrogen-bond acceptors (Lipinski definition) is 2. The highest BCUT2D eigenvalue weighted by molar-refractivity contribution is 6.11. The van der Waals surface area contributed by atoms with Gasteiger partial charge in [0.05, 0.1) is 5.69 Å². The zero-order valence-electron chi connectivity index (χ0n) is 32.9. The van der Waals surface area contributed by atoms with E-state index in [9.17, 15) is 0 Å². The van der Waals surface area contributed by atoms with Crippen LogP contribution >= 0.6 is 0 Å². The molecule has 60 heavy (non-hydrogen) atoms. The molecule has 0 unspecified atom stereocenters. The van der Waals surface area contributed by atoms with Crippen molar-refractivity contribution in [1.82, 2.24) is 0 Å². The van der Waals surface area contributed by atoms with Crippen molar-refractivity contribution in [3.05, 3.63) is 237 Å². The zero-order chi connectivity index (χ0) is 39.8. The van der Waals surface area contributed by atoms with E-state index in [1.165, 1.54) is 55.3 Å². The molecular formula is C58H39NO. The van der Waals surface area contributed by atoms with Crippen LogP contribution in [0.25, 0.3) is 88.3 Å². The van der Waals surface area contributed by atoms with Gasteiger partial charge < -0.3 is 9.32 Å². The standard InChI is InChI=1S/C58H39NO/c1-3-15-40(16-4-1)45-21-11-22-46(39-45)50-24-8-7-23-49(50)42-31-35-47(36-32-42)59(55-29-14-28-54-53-25-9-10-30-56(53)60-58(54)55)48-37-33-43(34-38-48)52-27-13-20-44-19-12-26-51(57(44)52)41-17-5-2-6-18-41/h1-39H. The Balaban J connectivity index is 1.02. The Kier molecular flexibility index (Phi) is 8.87. The highest BCUT2D eigenvalue weighted by atomic mass is 16.3. The second kappa shape index (κ2) is 15.1. The van der Waals surface area contributed by atoms with Gasteiger partial charge in [-0.15, -0.1) is 0 Å². The van der Waals surface area contributed by atoms with Crippen LogP contribution in [0.15, 0.2) is 241 Å².